The van der Waals surface area contributed by atoms with Crippen molar-refractivity contribution in [3.05, 3.63) is 0 Å². The van der Waals surface area contributed by atoms with Gasteiger partial charge in [0.05, 0.1) is 0 Å². The highest BCUT2D eigenvalue weighted by atomic mass is 16.5. The van der Waals surface area contributed by atoms with E-state index in [9.17, 15) is 14.4 Å². The Morgan fingerprint density at radius 3 is 1.75 bits per heavy atom. The SMILES string of the molecule is O=C(O)CC(=O)C(O)(O)C(=O)O. The Balaban J connectivity index is 4.47. The minimum absolute atomic E-state index is 1.25. The predicted octanol–water partition coefficient (Wildman–Crippen LogP) is -2.20. The van der Waals surface area contributed by atoms with E-state index < -0.39 is 29.9 Å². The maximum absolute atomic E-state index is 10.5. The lowest BCUT2D eigenvalue weighted by Crippen LogP contribution is -2.47. The molecule has 0 heterocycles. The van der Waals surface area contributed by atoms with Crippen molar-refractivity contribution in [1.82, 2.24) is 0 Å². The Hall–Kier alpha value is -1.47. The van der Waals surface area contributed by atoms with Crippen LogP contribution >= 0.6 is 0 Å². The number of Topliss-reactive ketones (excluding diaryl/α,β-unsaturated/α-hetero) is 1. The van der Waals surface area contributed by atoms with Gasteiger partial charge in [0.2, 0.25) is 5.78 Å². The van der Waals surface area contributed by atoms with Gasteiger partial charge < -0.3 is 20.4 Å². The molecule has 0 aromatic rings. The van der Waals surface area contributed by atoms with E-state index >= 15 is 0 Å². The summed E-state index contributed by atoms with van der Waals surface area (Å²) in [7, 11) is 0. The Kier molecular flexibility index (Phi) is 2.88. The molecule has 0 rings (SSSR count). The highest BCUT2D eigenvalue weighted by molar-refractivity contribution is 6.09. The van der Waals surface area contributed by atoms with Crippen LogP contribution in [0.15, 0.2) is 0 Å². The van der Waals surface area contributed by atoms with Gasteiger partial charge in [0.1, 0.15) is 6.42 Å². The largest absolute Gasteiger partial charge is 0.481 e. The van der Waals surface area contributed by atoms with Crippen molar-refractivity contribution in [3.63, 3.8) is 0 Å². The van der Waals surface area contributed by atoms with Crippen LogP contribution in [0, 0.1) is 0 Å². The van der Waals surface area contributed by atoms with Crippen molar-refractivity contribution >= 4 is 17.7 Å². The normalized spacial score (nSPS) is 10.8. The molecule has 0 aromatic carbocycles. The molecular formula is C5H6O7. The third-order valence-electron chi connectivity index (χ3n) is 0.999. The Morgan fingerprint density at radius 2 is 1.50 bits per heavy atom. The summed E-state index contributed by atoms with van der Waals surface area (Å²) < 4.78 is 0. The van der Waals surface area contributed by atoms with Gasteiger partial charge >= 0.3 is 17.7 Å². The number of rotatable bonds is 4. The number of aliphatic carboxylic acids is 2. The molecule has 0 aliphatic heterocycles. The van der Waals surface area contributed by atoms with Crippen LogP contribution in [0.2, 0.25) is 0 Å². The van der Waals surface area contributed by atoms with Crippen molar-refractivity contribution in [1.29, 1.82) is 0 Å². The summed E-state index contributed by atoms with van der Waals surface area (Å²) in [5.74, 6) is -9.14. The first-order valence-electron chi connectivity index (χ1n) is 2.71. The molecule has 68 valence electrons. The summed E-state index contributed by atoms with van der Waals surface area (Å²) >= 11 is 0. The number of carbonyl (C=O) groups is 3. The molecule has 0 saturated carbocycles. The van der Waals surface area contributed by atoms with Crippen LogP contribution in [-0.2, 0) is 14.4 Å². The van der Waals surface area contributed by atoms with E-state index in [1.165, 1.54) is 0 Å². The minimum atomic E-state index is -3.61. The van der Waals surface area contributed by atoms with Gasteiger partial charge in [-0.2, -0.15) is 0 Å². The molecule has 7 nitrogen and oxygen atoms in total. The summed E-state index contributed by atoms with van der Waals surface area (Å²) in [6.45, 7) is 0. The van der Waals surface area contributed by atoms with Gasteiger partial charge in [-0.25, -0.2) is 4.79 Å². The van der Waals surface area contributed by atoms with Crippen LogP contribution in [0.25, 0.3) is 0 Å². The first-order valence-corrected chi connectivity index (χ1v) is 2.71. The fourth-order valence-corrected chi connectivity index (χ4v) is 0.380. The van der Waals surface area contributed by atoms with Crippen molar-refractivity contribution in [2.24, 2.45) is 0 Å². The fraction of sp³-hybridized carbons (Fsp3) is 0.400. The van der Waals surface area contributed by atoms with Gasteiger partial charge in [-0.15, -0.1) is 0 Å². The molecular weight excluding hydrogens is 172 g/mol. The van der Waals surface area contributed by atoms with E-state index in [1.54, 1.807) is 0 Å². The molecule has 0 radical (unpaired) electrons. The van der Waals surface area contributed by atoms with Crippen molar-refractivity contribution in [2.75, 3.05) is 0 Å². The first-order chi connectivity index (χ1) is 5.28. The van der Waals surface area contributed by atoms with Crippen molar-refractivity contribution in [2.45, 2.75) is 12.2 Å². The fourth-order valence-electron chi connectivity index (χ4n) is 0.380. The monoisotopic (exact) mass is 178 g/mol. The average Bonchev–Trinajstić information content (AvgIpc) is 1.85. The molecule has 0 amide bonds. The quantitative estimate of drug-likeness (QED) is 0.283. The number of ketones is 1. The number of aliphatic hydroxyl groups is 2. The molecule has 0 bridgehead atoms. The second-order valence-electron chi connectivity index (χ2n) is 1.97. The van der Waals surface area contributed by atoms with Gasteiger partial charge in [-0.1, -0.05) is 0 Å². The van der Waals surface area contributed by atoms with Crippen molar-refractivity contribution in [3.8, 4) is 0 Å². The lowest BCUT2D eigenvalue weighted by atomic mass is 10.1. The van der Waals surface area contributed by atoms with E-state index in [2.05, 4.69) is 0 Å². The van der Waals surface area contributed by atoms with Crippen LogP contribution in [0.5, 0.6) is 0 Å². The summed E-state index contributed by atoms with van der Waals surface area (Å²) in [6, 6.07) is 0. The first kappa shape index (κ1) is 10.5. The molecule has 0 unspecified atom stereocenters. The van der Waals surface area contributed by atoms with E-state index in [0.717, 1.165) is 0 Å². The number of hydrogen-bond donors (Lipinski definition) is 4. The van der Waals surface area contributed by atoms with Gasteiger partial charge in [-0.05, 0) is 0 Å². The van der Waals surface area contributed by atoms with E-state index in [0.29, 0.717) is 0 Å². The van der Waals surface area contributed by atoms with E-state index in [-0.39, 0.29) is 0 Å². The smallest absolute Gasteiger partial charge is 0.372 e. The number of carboxylic acid groups (broad SMARTS) is 2. The lowest BCUT2D eigenvalue weighted by molar-refractivity contribution is -0.204. The topological polar surface area (TPSA) is 132 Å². The molecule has 0 aromatic heterocycles. The van der Waals surface area contributed by atoms with E-state index in [1.807, 2.05) is 0 Å². The maximum Gasteiger partial charge on any atom is 0.372 e. The zero-order chi connectivity index (χ0) is 9.94. The second-order valence-corrected chi connectivity index (χ2v) is 1.97. The summed E-state index contributed by atoms with van der Waals surface area (Å²) in [6.07, 6.45) is -1.25. The van der Waals surface area contributed by atoms with Crippen LogP contribution in [0.3, 0.4) is 0 Å². The second kappa shape index (κ2) is 3.28. The average molecular weight is 178 g/mol. The molecule has 0 fully saturated rings. The minimum Gasteiger partial charge on any atom is -0.481 e. The zero-order valence-corrected chi connectivity index (χ0v) is 5.72. The molecule has 0 atom stereocenters. The highest BCUT2D eigenvalue weighted by Gasteiger charge is 2.42. The van der Waals surface area contributed by atoms with Gasteiger partial charge in [0.25, 0.3) is 0 Å². The van der Waals surface area contributed by atoms with Crippen LogP contribution < -0.4 is 0 Å². The third kappa shape index (κ3) is 2.29. The van der Waals surface area contributed by atoms with Gasteiger partial charge in [0, 0.05) is 0 Å². The molecule has 0 aliphatic rings. The number of carboxylic acids is 2. The summed E-state index contributed by atoms with van der Waals surface area (Å²) in [5.41, 5.74) is 0. The standard InChI is InChI=1S/C5H6O7/c6-2(1-3(7)8)5(11,12)4(9)10/h11-12H,1H2,(H,7,8)(H,9,10). The molecule has 7 heteroatoms. The number of hydrogen-bond acceptors (Lipinski definition) is 5. The number of carbonyl (C=O) groups excluding carboxylic acids is 1. The highest BCUT2D eigenvalue weighted by Crippen LogP contribution is 2.04. The van der Waals surface area contributed by atoms with Crippen molar-refractivity contribution < 1.29 is 34.8 Å². The predicted molar refractivity (Wildman–Crippen MR) is 32.1 cm³/mol. The Morgan fingerprint density at radius 1 is 1.08 bits per heavy atom. The van der Waals surface area contributed by atoms with Gasteiger partial charge in [-0.3, -0.25) is 9.59 Å². The molecule has 12 heavy (non-hydrogen) atoms. The molecule has 0 spiro atoms. The lowest BCUT2D eigenvalue weighted by Gasteiger charge is -2.12. The molecule has 0 saturated heterocycles. The zero-order valence-electron chi connectivity index (χ0n) is 5.72. The van der Waals surface area contributed by atoms with Crippen LogP contribution in [0.1, 0.15) is 6.42 Å². The maximum atomic E-state index is 10.5. The van der Waals surface area contributed by atoms with Crippen LogP contribution in [0.4, 0.5) is 0 Å². The summed E-state index contributed by atoms with van der Waals surface area (Å²) in [5, 5.41) is 32.9. The summed E-state index contributed by atoms with van der Waals surface area (Å²) in [4.78, 5) is 30.2. The molecule has 0 aliphatic carbocycles. The van der Waals surface area contributed by atoms with Crippen LogP contribution in [-0.4, -0.2) is 43.9 Å². The molecule has 4 N–H and O–H groups in total. The Labute approximate surface area is 65.9 Å². The third-order valence-corrected chi connectivity index (χ3v) is 0.999. The Bertz CT molecular complexity index is 228. The van der Waals surface area contributed by atoms with Gasteiger partial charge in [0.15, 0.2) is 0 Å². The van der Waals surface area contributed by atoms with E-state index in [4.69, 9.17) is 20.4 Å².